The van der Waals surface area contributed by atoms with Crippen molar-refractivity contribution in [2.45, 2.75) is 0 Å². The van der Waals surface area contributed by atoms with Gasteiger partial charge in [0.15, 0.2) is 0 Å². The van der Waals surface area contributed by atoms with E-state index in [2.05, 4.69) is 217 Å². The van der Waals surface area contributed by atoms with Crippen LogP contribution >= 0.6 is 0 Å². The number of nitrogens with zero attached hydrogens (tertiary/aromatic N) is 1. The van der Waals surface area contributed by atoms with Gasteiger partial charge in [-0.2, -0.15) is 0 Å². The van der Waals surface area contributed by atoms with E-state index >= 15 is 0 Å². The third kappa shape index (κ3) is 6.06. The lowest BCUT2D eigenvalue weighted by Crippen LogP contribution is -2.12. The van der Waals surface area contributed by atoms with Crippen molar-refractivity contribution in [3.05, 3.63) is 212 Å². The first-order valence-corrected chi connectivity index (χ1v) is 16.8. The lowest BCUT2D eigenvalue weighted by atomic mass is 9.88. The van der Waals surface area contributed by atoms with Gasteiger partial charge in [0.25, 0.3) is 0 Å². The molecule has 0 N–H and O–H groups in total. The van der Waals surface area contributed by atoms with Crippen LogP contribution in [-0.2, 0) is 0 Å². The second-order valence-corrected chi connectivity index (χ2v) is 12.1. The minimum absolute atomic E-state index is 1.10. The molecule has 0 amide bonds. The predicted molar refractivity (Wildman–Crippen MR) is 208 cm³/mol. The van der Waals surface area contributed by atoms with Crippen LogP contribution in [0.2, 0.25) is 0 Å². The molecule has 0 aromatic heterocycles. The number of rotatable bonds is 8. The summed E-state index contributed by atoms with van der Waals surface area (Å²) in [6.07, 6.45) is 0. The molecule has 0 saturated carbocycles. The molecule has 0 atom stereocenters. The largest absolute Gasteiger partial charge is 0.309 e. The Kier molecular flexibility index (Phi) is 8.39. The van der Waals surface area contributed by atoms with Gasteiger partial charge in [-0.3, -0.25) is 0 Å². The van der Waals surface area contributed by atoms with Gasteiger partial charge in [0, 0.05) is 16.8 Å². The molecule has 0 spiro atoms. The van der Waals surface area contributed by atoms with Crippen LogP contribution in [0.25, 0.3) is 55.6 Å². The molecule has 1 nitrogen and oxygen atoms in total. The average molecular weight is 626 g/mol. The molecule has 0 aliphatic carbocycles. The van der Waals surface area contributed by atoms with Crippen LogP contribution in [-0.4, -0.2) is 0 Å². The maximum Gasteiger partial charge on any atom is 0.0540 e. The van der Waals surface area contributed by atoms with Crippen molar-refractivity contribution in [1.29, 1.82) is 0 Å². The Labute approximate surface area is 289 Å². The van der Waals surface area contributed by atoms with Crippen LogP contribution in [0.5, 0.6) is 0 Å². The minimum Gasteiger partial charge on any atom is -0.309 e. The maximum absolute atomic E-state index is 2.42. The highest BCUT2D eigenvalue weighted by atomic mass is 15.1. The number of para-hydroxylation sites is 2. The van der Waals surface area contributed by atoms with E-state index in [0.29, 0.717) is 0 Å². The summed E-state index contributed by atoms with van der Waals surface area (Å²) in [5.41, 5.74) is 15.3. The van der Waals surface area contributed by atoms with Crippen molar-refractivity contribution in [2.24, 2.45) is 0 Å². The Morgan fingerprint density at radius 2 is 0.531 bits per heavy atom. The van der Waals surface area contributed by atoms with E-state index in [9.17, 15) is 0 Å². The SMILES string of the molecule is c1ccc(-c2ccc(N(c3ccccc3-c3ccccc3)c3ccccc3-c3ccccc3-c3ccccc3-c3ccccc3)cc2)cc1. The van der Waals surface area contributed by atoms with Gasteiger partial charge in [-0.05, 0) is 68.8 Å². The van der Waals surface area contributed by atoms with Crippen molar-refractivity contribution in [3.63, 3.8) is 0 Å². The molecule has 0 unspecified atom stereocenters. The molecule has 0 fully saturated rings. The van der Waals surface area contributed by atoms with Gasteiger partial charge in [-0.25, -0.2) is 0 Å². The van der Waals surface area contributed by atoms with Crippen molar-refractivity contribution in [2.75, 3.05) is 4.90 Å². The van der Waals surface area contributed by atoms with Crippen molar-refractivity contribution in [3.8, 4) is 55.6 Å². The van der Waals surface area contributed by atoms with E-state index in [0.717, 1.165) is 22.6 Å². The van der Waals surface area contributed by atoms with Crippen LogP contribution in [0, 0.1) is 0 Å². The number of anilines is 3. The molecular weight excluding hydrogens is 591 g/mol. The van der Waals surface area contributed by atoms with E-state index < -0.39 is 0 Å². The van der Waals surface area contributed by atoms with Crippen LogP contribution in [0.1, 0.15) is 0 Å². The molecule has 8 aromatic carbocycles. The summed E-state index contributed by atoms with van der Waals surface area (Å²) in [4.78, 5) is 2.42. The molecule has 0 aliphatic heterocycles. The fraction of sp³-hybridized carbons (Fsp3) is 0. The van der Waals surface area contributed by atoms with Crippen LogP contribution in [0.3, 0.4) is 0 Å². The van der Waals surface area contributed by atoms with Crippen molar-refractivity contribution < 1.29 is 0 Å². The molecule has 232 valence electrons. The zero-order chi connectivity index (χ0) is 32.8. The van der Waals surface area contributed by atoms with Crippen molar-refractivity contribution in [1.82, 2.24) is 0 Å². The summed E-state index contributed by atoms with van der Waals surface area (Å²) < 4.78 is 0. The highest BCUT2D eigenvalue weighted by Gasteiger charge is 2.22. The van der Waals surface area contributed by atoms with Crippen LogP contribution in [0.15, 0.2) is 212 Å². The zero-order valence-corrected chi connectivity index (χ0v) is 27.2. The van der Waals surface area contributed by atoms with Gasteiger partial charge in [0.1, 0.15) is 0 Å². The van der Waals surface area contributed by atoms with Crippen LogP contribution < -0.4 is 4.90 Å². The third-order valence-corrected chi connectivity index (χ3v) is 9.13. The Morgan fingerprint density at radius 3 is 1.08 bits per heavy atom. The van der Waals surface area contributed by atoms with Gasteiger partial charge in [0.2, 0.25) is 0 Å². The van der Waals surface area contributed by atoms with E-state index in [1.807, 2.05) is 0 Å². The first-order valence-electron chi connectivity index (χ1n) is 16.8. The Morgan fingerprint density at radius 1 is 0.204 bits per heavy atom. The predicted octanol–water partition coefficient (Wildman–Crippen LogP) is 13.5. The fourth-order valence-corrected chi connectivity index (χ4v) is 6.81. The molecule has 1 heteroatoms. The highest BCUT2D eigenvalue weighted by Crippen LogP contribution is 2.47. The molecule has 49 heavy (non-hydrogen) atoms. The second kappa shape index (κ2) is 13.7. The zero-order valence-electron chi connectivity index (χ0n) is 27.2. The molecular formula is C48H35N. The number of benzene rings is 8. The average Bonchev–Trinajstić information content (AvgIpc) is 3.20. The highest BCUT2D eigenvalue weighted by molar-refractivity contribution is 5.98. The quantitative estimate of drug-likeness (QED) is 0.162. The normalized spacial score (nSPS) is 10.9. The Balaban J connectivity index is 1.34. The van der Waals surface area contributed by atoms with Gasteiger partial charge in [0.05, 0.1) is 11.4 Å². The topological polar surface area (TPSA) is 3.24 Å². The smallest absolute Gasteiger partial charge is 0.0540 e. The summed E-state index contributed by atoms with van der Waals surface area (Å²) in [5.74, 6) is 0. The fourth-order valence-electron chi connectivity index (χ4n) is 6.81. The van der Waals surface area contributed by atoms with Gasteiger partial charge < -0.3 is 4.90 Å². The van der Waals surface area contributed by atoms with E-state index in [1.165, 1.54) is 50.1 Å². The standard InChI is InChI=1S/C48H35N/c1-4-18-36(19-5-1)37-32-34-40(35-33-37)49(47-30-16-14-25-42(47)39-22-8-3-9-23-39)48-31-17-15-29-46(48)45-28-13-12-27-44(45)43-26-11-10-24-41(43)38-20-6-2-7-21-38/h1-35H. The van der Waals surface area contributed by atoms with E-state index in [1.54, 1.807) is 0 Å². The first-order chi connectivity index (χ1) is 24.3. The minimum atomic E-state index is 1.10. The number of hydrogen-bond acceptors (Lipinski definition) is 1. The molecule has 0 radical (unpaired) electrons. The molecule has 0 saturated heterocycles. The summed E-state index contributed by atoms with van der Waals surface area (Å²) in [6, 6.07) is 76.0. The van der Waals surface area contributed by atoms with Crippen LogP contribution in [0.4, 0.5) is 17.1 Å². The van der Waals surface area contributed by atoms with E-state index in [4.69, 9.17) is 0 Å². The molecule has 8 rings (SSSR count). The van der Waals surface area contributed by atoms with Crippen molar-refractivity contribution >= 4 is 17.1 Å². The summed E-state index contributed by atoms with van der Waals surface area (Å²) in [6.45, 7) is 0. The third-order valence-electron chi connectivity index (χ3n) is 9.13. The molecule has 0 heterocycles. The maximum atomic E-state index is 2.42. The number of hydrogen-bond donors (Lipinski definition) is 0. The lowest BCUT2D eigenvalue weighted by molar-refractivity contribution is 1.28. The Bertz CT molecular complexity index is 2310. The first kappa shape index (κ1) is 29.9. The van der Waals surface area contributed by atoms with Gasteiger partial charge >= 0.3 is 0 Å². The summed E-state index contributed by atoms with van der Waals surface area (Å²) in [5, 5.41) is 0. The summed E-state index contributed by atoms with van der Waals surface area (Å²) in [7, 11) is 0. The van der Waals surface area contributed by atoms with E-state index in [-0.39, 0.29) is 0 Å². The monoisotopic (exact) mass is 625 g/mol. The lowest BCUT2D eigenvalue weighted by Gasteiger charge is -2.30. The Hall–Kier alpha value is -6.44. The molecule has 8 aromatic rings. The second-order valence-electron chi connectivity index (χ2n) is 12.1. The molecule has 0 aliphatic rings. The van der Waals surface area contributed by atoms with Gasteiger partial charge in [-0.15, -0.1) is 0 Å². The molecule has 0 bridgehead atoms. The summed E-state index contributed by atoms with van der Waals surface area (Å²) >= 11 is 0. The van der Waals surface area contributed by atoms with Gasteiger partial charge in [-0.1, -0.05) is 188 Å².